The average Bonchev–Trinajstić information content (AvgIpc) is 2.68. The molecule has 1 N–H and O–H groups in total. The number of carbonyl (C=O) groups is 1. The van der Waals surface area contributed by atoms with Crippen LogP contribution in [-0.2, 0) is 10.0 Å². The molecule has 2 aliphatic heterocycles. The van der Waals surface area contributed by atoms with Crippen LogP contribution in [0.15, 0.2) is 0 Å². The summed E-state index contributed by atoms with van der Waals surface area (Å²) in [5.74, 6) is 0.571. The number of sulfonamides is 1. The number of nitrogens with one attached hydrogen (secondary N) is 1. The number of carbonyl (C=O) groups excluding carboxylic acids is 1. The van der Waals surface area contributed by atoms with Crippen LogP contribution in [-0.4, -0.2) is 61.6 Å². The Morgan fingerprint density at radius 2 is 2.00 bits per heavy atom. The summed E-state index contributed by atoms with van der Waals surface area (Å²) in [4.78, 5) is 13.3. The van der Waals surface area contributed by atoms with Gasteiger partial charge in [-0.1, -0.05) is 13.8 Å². The number of rotatable bonds is 3. The molecule has 1 atom stereocenters. The Bertz CT molecular complexity index is 509. The summed E-state index contributed by atoms with van der Waals surface area (Å²) in [6.45, 7) is 6.31. The van der Waals surface area contributed by atoms with Crippen LogP contribution in [0.3, 0.4) is 0 Å². The second kappa shape index (κ2) is 4.59. The minimum atomic E-state index is -3.18. The molecule has 0 aromatic rings. The monoisotopic (exact) mass is 301 g/mol. The Morgan fingerprint density at radius 3 is 2.65 bits per heavy atom. The van der Waals surface area contributed by atoms with E-state index in [9.17, 15) is 13.2 Å². The molecule has 0 radical (unpaired) electrons. The Balaban J connectivity index is 1.60. The van der Waals surface area contributed by atoms with Crippen molar-refractivity contribution in [3.63, 3.8) is 0 Å². The second-order valence-corrected chi connectivity index (χ2v) is 9.12. The predicted octanol–water partition coefficient (Wildman–Crippen LogP) is 0.462. The molecule has 2 amide bonds. The quantitative estimate of drug-likeness (QED) is 0.823. The molecule has 7 heteroatoms. The first kappa shape index (κ1) is 14.1. The van der Waals surface area contributed by atoms with Crippen LogP contribution in [0.1, 0.15) is 26.7 Å². The minimum Gasteiger partial charge on any atom is -0.336 e. The molecule has 6 nitrogen and oxygen atoms in total. The molecule has 3 fully saturated rings. The van der Waals surface area contributed by atoms with Gasteiger partial charge in [0.15, 0.2) is 0 Å². The van der Waals surface area contributed by atoms with E-state index < -0.39 is 10.0 Å². The van der Waals surface area contributed by atoms with Crippen LogP contribution in [0.4, 0.5) is 4.79 Å². The van der Waals surface area contributed by atoms with Gasteiger partial charge in [-0.15, -0.1) is 0 Å². The lowest BCUT2D eigenvalue weighted by Crippen LogP contribution is -2.55. The molecular weight excluding hydrogens is 278 g/mol. The van der Waals surface area contributed by atoms with Crippen molar-refractivity contribution in [2.45, 2.75) is 32.7 Å². The molecule has 0 spiro atoms. The van der Waals surface area contributed by atoms with Crippen molar-refractivity contribution in [3.05, 3.63) is 0 Å². The first-order chi connectivity index (χ1) is 9.27. The van der Waals surface area contributed by atoms with Crippen LogP contribution in [0.5, 0.6) is 0 Å². The van der Waals surface area contributed by atoms with Crippen LogP contribution < -0.4 is 5.32 Å². The number of urea groups is 1. The molecule has 3 aliphatic rings. The smallest absolute Gasteiger partial charge is 0.317 e. The maximum Gasteiger partial charge on any atom is 0.317 e. The molecule has 0 bridgehead atoms. The van der Waals surface area contributed by atoms with E-state index in [1.54, 1.807) is 9.21 Å². The van der Waals surface area contributed by atoms with Gasteiger partial charge in [-0.3, -0.25) is 0 Å². The molecule has 114 valence electrons. The topological polar surface area (TPSA) is 69.7 Å². The number of hydrogen-bond acceptors (Lipinski definition) is 3. The molecule has 3 rings (SSSR count). The second-order valence-electron chi connectivity index (χ2n) is 7.11. The summed E-state index contributed by atoms with van der Waals surface area (Å²) >= 11 is 0. The summed E-state index contributed by atoms with van der Waals surface area (Å²) in [5, 5.41) is 2.77. The summed E-state index contributed by atoms with van der Waals surface area (Å²) in [6.07, 6.45) is 1.99. The van der Waals surface area contributed by atoms with Gasteiger partial charge in [0, 0.05) is 26.2 Å². The Hall–Kier alpha value is -0.820. The van der Waals surface area contributed by atoms with E-state index in [0.29, 0.717) is 37.5 Å². The fourth-order valence-electron chi connectivity index (χ4n) is 3.85. The van der Waals surface area contributed by atoms with Gasteiger partial charge in [-0.2, -0.15) is 4.31 Å². The van der Waals surface area contributed by atoms with Crippen molar-refractivity contribution >= 4 is 16.1 Å². The highest BCUT2D eigenvalue weighted by Crippen LogP contribution is 2.45. The highest BCUT2D eigenvalue weighted by atomic mass is 32.2. The van der Waals surface area contributed by atoms with Gasteiger partial charge in [-0.05, 0) is 24.2 Å². The molecule has 2 heterocycles. The number of nitrogens with zero attached hydrogens (tertiary/aromatic N) is 2. The number of piperazine rings is 1. The van der Waals surface area contributed by atoms with Crippen molar-refractivity contribution in [1.29, 1.82) is 0 Å². The first-order valence-corrected chi connectivity index (χ1v) is 8.90. The van der Waals surface area contributed by atoms with Crippen LogP contribution in [0, 0.1) is 11.3 Å². The lowest BCUT2D eigenvalue weighted by molar-refractivity contribution is 0.111. The fraction of sp³-hybridized carbons (Fsp3) is 0.923. The van der Waals surface area contributed by atoms with Gasteiger partial charge in [0.2, 0.25) is 10.0 Å². The summed E-state index contributed by atoms with van der Waals surface area (Å²) < 4.78 is 26.5. The highest BCUT2D eigenvalue weighted by molar-refractivity contribution is 7.89. The normalized spacial score (nSPS) is 30.8. The summed E-state index contributed by atoms with van der Waals surface area (Å²) in [7, 11) is -3.18. The molecular formula is C13H23N3O3S. The van der Waals surface area contributed by atoms with Crippen molar-refractivity contribution in [2.75, 3.05) is 31.9 Å². The zero-order valence-corrected chi connectivity index (χ0v) is 12.9. The van der Waals surface area contributed by atoms with Crippen LogP contribution >= 0.6 is 0 Å². The zero-order chi connectivity index (χ0) is 14.5. The first-order valence-electron chi connectivity index (χ1n) is 7.29. The van der Waals surface area contributed by atoms with E-state index in [1.807, 2.05) is 0 Å². The Morgan fingerprint density at radius 1 is 1.30 bits per heavy atom. The molecule has 0 aromatic carbocycles. The zero-order valence-electron chi connectivity index (χ0n) is 12.1. The molecule has 2 saturated heterocycles. The van der Waals surface area contributed by atoms with E-state index in [2.05, 4.69) is 19.2 Å². The van der Waals surface area contributed by atoms with Gasteiger partial charge in [-0.25, -0.2) is 13.2 Å². The van der Waals surface area contributed by atoms with E-state index in [1.165, 1.54) is 0 Å². The third kappa shape index (κ3) is 2.53. The van der Waals surface area contributed by atoms with Crippen LogP contribution in [0.2, 0.25) is 0 Å². The molecule has 1 unspecified atom stereocenters. The van der Waals surface area contributed by atoms with E-state index in [4.69, 9.17) is 0 Å². The largest absolute Gasteiger partial charge is 0.336 e. The van der Waals surface area contributed by atoms with Crippen molar-refractivity contribution < 1.29 is 13.2 Å². The van der Waals surface area contributed by atoms with Gasteiger partial charge in [0.05, 0.1) is 11.8 Å². The summed E-state index contributed by atoms with van der Waals surface area (Å²) in [6, 6.07) is -0.0587. The predicted molar refractivity (Wildman–Crippen MR) is 75.8 cm³/mol. The number of amides is 2. The van der Waals surface area contributed by atoms with E-state index in [0.717, 1.165) is 12.8 Å². The van der Waals surface area contributed by atoms with Gasteiger partial charge in [0.25, 0.3) is 0 Å². The highest BCUT2D eigenvalue weighted by Gasteiger charge is 2.43. The maximum atomic E-state index is 12.5. The maximum absolute atomic E-state index is 12.5. The molecule has 0 aromatic heterocycles. The molecule has 1 saturated carbocycles. The minimum absolute atomic E-state index is 0.00357. The molecule has 20 heavy (non-hydrogen) atoms. The van der Waals surface area contributed by atoms with Crippen molar-refractivity contribution in [2.24, 2.45) is 11.3 Å². The molecule has 1 aliphatic carbocycles. The number of hydrogen-bond donors (Lipinski definition) is 1. The van der Waals surface area contributed by atoms with Crippen molar-refractivity contribution in [1.82, 2.24) is 14.5 Å². The third-order valence-corrected chi connectivity index (χ3v) is 6.73. The van der Waals surface area contributed by atoms with Gasteiger partial charge in [0.1, 0.15) is 0 Å². The van der Waals surface area contributed by atoms with E-state index in [-0.39, 0.29) is 17.8 Å². The average molecular weight is 301 g/mol. The Labute approximate surface area is 120 Å². The fourth-order valence-corrected chi connectivity index (χ4v) is 5.65. The third-order valence-electron chi connectivity index (χ3n) is 4.72. The van der Waals surface area contributed by atoms with Crippen molar-refractivity contribution in [3.8, 4) is 0 Å². The Kier molecular flexibility index (Phi) is 3.25. The van der Waals surface area contributed by atoms with Crippen LogP contribution in [0.25, 0.3) is 0 Å². The van der Waals surface area contributed by atoms with E-state index >= 15 is 0 Å². The van der Waals surface area contributed by atoms with Gasteiger partial charge < -0.3 is 10.2 Å². The van der Waals surface area contributed by atoms with Gasteiger partial charge >= 0.3 is 6.03 Å². The summed E-state index contributed by atoms with van der Waals surface area (Å²) in [5.41, 5.74) is 0.306. The SMILES string of the molecule is CC1(C)CC(CS(=O)(=O)N2CCN3C(=O)NCC3C2)C1. The lowest BCUT2D eigenvalue weighted by Gasteiger charge is -2.43. The lowest BCUT2D eigenvalue weighted by atomic mass is 9.65. The number of fused-ring (bicyclic) bond motifs is 1. The standard InChI is InChI=1S/C13H23N3O3S/c1-13(2)5-10(6-13)9-20(18,19)15-3-4-16-11(8-15)7-14-12(16)17/h10-11H,3-9H2,1-2H3,(H,14,17).